The summed E-state index contributed by atoms with van der Waals surface area (Å²) in [4.78, 5) is 0. The second-order valence-electron chi connectivity index (χ2n) is 4.78. The van der Waals surface area contributed by atoms with Gasteiger partial charge in [0, 0.05) is 10.5 Å². The Morgan fingerprint density at radius 2 is 2.00 bits per heavy atom. The number of rotatable bonds is 3. The molecule has 0 fully saturated rings. The summed E-state index contributed by atoms with van der Waals surface area (Å²) in [6.07, 6.45) is 9.68. The maximum absolute atomic E-state index is 6.33. The van der Waals surface area contributed by atoms with Gasteiger partial charge in [-0.05, 0) is 43.7 Å². The molecule has 1 aliphatic rings. The largest absolute Gasteiger partial charge is 0.324 e. The summed E-state index contributed by atoms with van der Waals surface area (Å²) in [5, 5.41) is 0. The third-order valence-electron chi connectivity index (χ3n) is 3.45. The SMILES string of the molecule is NC(Cc1ccccc1Br)C1=CCCCCC1. The Balaban J connectivity index is 2.03. The summed E-state index contributed by atoms with van der Waals surface area (Å²) >= 11 is 3.59. The molecule has 0 aromatic heterocycles. The van der Waals surface area contributed by atoms with Gasteiger partial charge in [0.05, 0.1) is 0 Å². The summed E-state index contributed by atoms with van der Waals surface area (Å²) < 4.78 is 1.17. The molecule has 92 valence electrons. The van der Waals surface area contributed by atoms with Crippen LogP contribution in [0.25, 0.3) is 0 Å². The van der Waals surface area contributed by atoms with Crippen molar-refractivity contribution in [3.05, 3.63) is 46.0 Å². The molecule has 0 saturated heterocycles. The third-order valence-corrected chi connectivity index (χ3v) is 4.22. The first kappa shape index (κ1) is 12.8. The first-order valence-electron chi connectivity index (χ1n) is 6.45. The Morgan fingerprint density at radius 1 is 1.18 bits per heavy atom. The smallest absolute Gasteiger partial charge is 0.0294 e. The second kappa shape index (κ2) is 6.36. The highest BCUT2D eigenvalue weighted by molar-refractivity contribution is 9.10. The summed E-state index contributed by atoms with van der Waals surface area (Å²) in [6.45, 7) is 0. The van der Waals surface area contributed by atoms with Gasteiger partial charge < -0.3 is 5.73 Å². The molecule has 0 radical (unpaired) electrons. The maximum atomic E-state index is 6.33. The summed E-state index contributed by atoms with van der Waals surface area (Å²) in [7, 11) is 0. The quantitative estimate of drug-likeness (QED) is 0.830. The number of allylic oxidation sites excluding steroid dienone is 1. The highest BCUT2D eigenvalue weighted by Gasteiger charge is 2.13. The van der Waals surface area contributed by atoms with Crippen LogP contribution >= 0.6 is 15.9 Å². The van der Waals surface area contributed by atoms with E-state index in [-0.39, 0.29) is 6.04 Å². The van der Waals surface area contributed by atoms with Crippen molar-refractivity contribution < 1.29 is 0 Å². The summed E-state index contributed by atoms with van der Waals surface area (Å²) in [6, 6.07) is 8.55. The minimum atomic E-state index is 0.187. The minimum Gasteiger partial charge on any atom is -0.324 e. The van der Waals surface area contributed by atoms with E-state index in [2.05, 4.69) is 40.2 Å². The maximum Gasteiger partial charge on any atom is 0.0294 e. The first-order chi connectivity index (χ1) is 8.27. The molecule has 1 nitrogen and oxygen atoms in total. The first-order valence-corrected chi connectivity index (χ1v) is 7.24. The highest BCUT2D eigenvalue weighted by Crippen LogP contribution is 2.23. The van der Waals surface area contributed by atoms with E-state index >= 15 is 0 Å². The predicted octanol–water partition coefficient (Wildman–Crippen LogP) is 4.21. The van der Waals surface area contributed by atoms with Crippen molar-refractivity contribution in [3.8, 4) is 0 Å². The molecule has 1 aliphatic carbocycles. The topological polar surface area (TPSA) is 26.0 Å². The number of hydrogen-bond acceptors (Lipinski definition) is 1. The van der Waals surface area contributed by atoms with Crippen molar-refractivity contribution in [3.63, 3.8) is 0 Å². The second-order valence-corrected chi connectivity index (χ2v) is 5.63. The highest BCUT2D eigenvalue weighted by atomic mass is 79.9. The van der Waals surface area contributed by atoms with Crippen LogP contribution in [0.1, 0.15) is 37.7 Å². The van der Waals surface area contributed by atoms with Crippen LogP contribution < -0.4 is 5.73 Å². The van der Waals surface area contributed by atoms with Crippen molar-refractivity contribution in [2.45, 2.75) is 44.6 Å². The summed E-state index contributed by atoms with van der Waals surface area (Å²) in [5.41, 5.74) is 9.10. The number of nitrogens with two attached hydrogens (primary N) is 1. The Kier molecular flexibility index (Phi) is 4.81. The molecule has 2 rings (SSSR count). The third kappa shape index (κ3) is 3.68. The molecular weight excluding hydrogens is 274 g/mol. The van der Waals surface area contributed by atoms with Crippen molar-refractivity contribution in [2.24, 2.45) is 5.73 Å². The predicted molar refractivity (Wildman–Crippen MR) is 77.0 cm³/mol. The minimum absolute atomic E-state index is 0.187. The van der Waals surface area contributed by atoms with Gasteiger partial charge in [0.15, 0.2) is 0 Å². The fourth-order valence-corrected chi connectivity index (χ4v) is 2.86. The number of benzene rings is 1. The molecule has 0 aliphatic heterocycles. The lowest BCUT2D eigenvalue weighted by Gasteiger charge is -2.16. The Morgan fingerprint density at radius 3 is 2.82 bits per heavy atom. The molecular formula is C15H20BrN. The van der Waals surface area contributed by atoms with E-state index in [0.29, 0.717) is 0 Å². The molecule has 0 bridgehead atoms. The molecule has 17 heavy (non-hydrogen) atoms. The Labute approximate surface area is 112 Å². The van der Waals surface area contributed by atoms with Crippen LogP contribution in [-0.2, 0) is 6.42 Å². The van der Waals surface area contributed by atoms with Crippen molar-refractivity contribution in [1.82, 2.24) is 0 Å². The van der Waals surface area contributed by atoms with Gasteiger partial charge in [0.2, 0.25) is 0 Å². The van der Waals surface area contributed by atoms with Crippen LogP contribution in [-0.4, -0.2) is 6.04 Å². The van der Waals surface area contributed by atoms with Gasteiger partial charge >= 0.3 is 0 Å². The van der Waals surface area contributed by atoms with E-state index in [0.717, 1.165) is 6.42 Å². The lowest BCUT2D eigenvalue weighted by molar-refractivity contribution is 0.671. The van der Waals surface area contributed by atoms with Crippen molar-refractivity contribution in [2.75, 3.05) is 0 Å². The van der Waals surface area contributed by atoms with Crippen LogP contribution in [0.2, 0.25) is 0 Å². The normalized spacial score (nSPS) is 18.4. The van der Waals surface area contributed by atoms with Crippen LogP contribution in [0.5, 0.6) is 0 Å². The van der Waals surface area contributed by atoms with Gasteiger partial charge in [-0.2, -0.15) is 0 Å². The van der Waals surface area contributed by atoms with Crippen LogP contribution in [0.4, 0.5) is 0 Å². The number of hydrogen-bond donors (Lipinski definition) is 1. The monoisotopic (exact) mass is 293 g/mol. The van der Waals surface area contributed by atoms with Crippen molar-refractivity contribution >= 4 is 15.9 Å². The zero-order valence-corrected chi connectivity index (χ0v) is 11.7. The Hall–Kier alpha value is -0.600. The van der Waals surface area contributed by atoms with E-state index < -0.39 is 0 Å². The van der Waals surface area contributed by atoms with Gasteiger partial charge in [-0.3, -0.25) is 0 Å². The zero-order chi connectivity index (χ0) is 12.1. The lowest BCUT2D eigenvalue weighted by atomic mass is 9.96. The molecule has 1 aromatic carbocycles. The van der Waals surface area contributed by atoms with Gasteiger partial charge in [-0.15, -0.1) is 0 Å². The van der Waals surface area contributed by atoms with Gasteiger partial charge in [-0.25, -0.2) is 0 Å². The molecule has 1 atom stereocenters. The van der Waals surface area contributed by atoms with Gasteiger partial charge in [0.1, 0.15) is 0 Å². The van der Waals surface area contributed by atoms with E-state index in [4.69, 9.17) is 5.73 Å². The molecule has 0 spiro atoms. The van der Waals surface area contributed by atoms with E-state index in [9.17, 15) is 0 Å². The Bertz CT molecular complexity index is 398. The summed E-state index contributed by atoms with van der Waals surface area (Å²) in [5.74, 6) is 0. The van der Waals surface area contributed by atoms with Crippen LogP contribution in [0, 0.1) is 0 Å². The average molecular weight is 294 g/mol. The molecule has 1 unspecified atom stereocenters. The molecule has 2 N–H and O–H groups in total. The van der Waals surface area contributed by atoms with Crippen LogP contribution in [0.15, 0.2) is 40.4 Å². The fraction of sp³-hybridized carbons (Fsp3) is 0.467. The van der Waals surface area contributed by atoms with E-state index in [1.165, 1.54) is 47.7 Å². The molecule has 0 amide bonds. The molecule has 0 saturated carbocycles. The van der Waals surface area contributed by atoms with Crippen LogP contribution in [0.3, 0.4) is 0 Å². The van der Waals surface area contributed by atoms with E-state index in [1.807, 2.05) is 6.07 Å². The van der Waals surface area contributed by atoms with Gasteiger partial charge in [0.25, 0.3) is 0 Å². The zero-order valence-electron chi connectivity index (χ0n) is 10.2. The van der Waals surface area contributed by atoms with Gasteiger partial charge in [-0.1, -0.05) is 52.2 Å². The fourth-order valence-electron chi connectivity index (χ4n) is 2.41. The molecule has 2 heteroatoms. The molecule has 1 aromatic rings. The van der Waals surface area contributed by atoms with Crippen molar-refractivity contribution in [1.29, 1.82) is 0 Å². The number of halogens is 1. The molecule has 0 heterocycles. The average Bonchev–Trinajstić information content (AvgIpc) is 2.61. The van der Waals surface area contributed by atoms with E-state index in [1.54, 1.807) is 0 Å². The lowest BCUT2D eigenvalue weighted by Crippen LogP contribution is -2.25. The standard InChI is InChI=1S/C15H20BrN/c16-14-10-6-5-9-13(14)11-15(17)12-7-3-1-2-4-8-12/h5-7,9-10,15H,1-4,8,11,17H2.